The lowest BCUT2D eigenvalue weighted by Gasteiger charge is -2.29. The summed E-state index contributed by atoms with van der Waals surface area (Å²) in [5, 5.41) is 13.8. The highest BCUT2D eigenvalue weighted by Gasteiger charge is 2.28. The molecule has 1 N–H and O–H groups in total. The van der Waals surface area contributed by atoms with Gasteiger partial charge in [0.05, 0.1) is 0 Å². The Morgan fingerprint density at radius 1 is 1.11 bits per heavy atom. The summed E-state index contributed by atoms with van der Waals surface area (Å²) in [6.45, 7) is 1.95. The van der Waals surface area contributed by atoms with E-state index in [2.05, 4.69) is 25.5 Å². The predicted molar refractivity (Wildman–Crippen MR) is 139 cm³/mol. The number of pyridine rings is 1. The minimum Gasteiger partial charge on any atom is -0.423 e. The first-order valence-corrected chi connectivity index (χ1v) is 12.1. The van der Waals surface area contributed by atoms with Gasteiger partial charge in [-0.05, 0) is 48.9 Å². The largest absolute Gasteiger partial charge is 0.423 e. The molecule has 0 bridgehead atoms. The number of aliphatic imine (C=N–C) groups is 1. The molecule has 0 spiro atoms. The normalized spacial score (nSPS) is 15.6. The van der Waals surface area contributed by atoms with Crippen molar-refractivity contribution in [2.24, 2.45) is 4.99 Å². The Labute approximate surface area is 213 Å². The number of aromatic nitrogens is 4. The molecule has 0 radical (unpaired) electrons. The van der Waals surface area contributed by atoms with Crippen LogP contribution in [0.4, 0.5) is 15.5 Å². The molecule has 1 aliphatic rings. The first kappa shape index (κ1) is 22.3. The Balaban J connectivity index is 1.41. The lowest BCUT2D eigenvalue weighted by Crippen LogP contribution is -2.38. The first-order chi connectivity index (χ1) is 17.5. The van der Waals surface area contributed by atoms with Crippen LogP contribution in [0.5, 0.6) is 0 Å². The van der Waals surface area contributed by atoms with Gasteiger partial charge in [0.15, 0.2) is 10.6 Å². The van der Waals surface area contributed by atoms with E-state index in [4.69, 9.17) is 21.0 Å². The van der Waals surface area contributed by atoms with Crippen molar-refractivity contribution in [1.82, 2.24) is 20.2 Å². The molecule has 5 aromatic rings. The molecule has 1 atom stereocenters. The number of nitrogens with one attached hydrogen (secondary N) is 1. The molecule has 6 rings (SSSR count). The average Bonchev–Trinajstić information content (AvgIpc) is 3.51. The van der Waals surface area contributed by atoms with Gasteiger partial charge in [-0.2, -0.15) is 4.98 Å². The molecule has 36 heavy (non-hydrogen) atoms. The SMILES string of the molecule is CC1=CC(c2ccccc2Cl)N=C(Nc2nc3cc(F)ccc3o2)N1c1nnc(-c2cccnc2)s1. The Kier molecular flexibility index (Phi) is 5.67. The van der Waals surface area contributed by atoms with Gasteiger partial charge in [-0.25, -0.2) is 9.38 Å². The number of rotatable bonds is 4. The van der Waals surface area contributed by atoms with Crippen LogP contribution in [0.2, 0.25) is 5.02 Å². The van der Waals surface area contributed by atoms with Crippen molar-refractivity contribution < 1.29 is 8.81 Å². The van der Waals surface area contributed by atoms with Crippen molar-refractivity contribution in [2.45, 2.75) is 13.0 Å². The van der Waals surface area contributed by atoms with Crippen LogP contribution in [-0.2, 0) is 0 Å². The molecular weight excluding hydrogens is 501 g/mol. The van der Waals surface area contributed by atoms with E-state index in [0.717, 1.165) is 21.8 Å². The Morgan fingerprint density at radius 2 is 2.00 bits per heavy atom. The van der Waals surface area contributed by atoms with Crippen LogP contribution < -0.4 is 10.2 Å². The summed E-state index contributed by atoms with van der Waals surface area (Å²) in [6.07, 6.45) is 5.44. The van der Waals surface area contributed by atoms with Crippen molar-refractivity contribution in [3.63, 3.8) is 0 Å². The number of benzene rings is 2. The zero-order valence-corrected chi connectivity index (χ0v) is 20.3. The standard InChI is InChI=1S/C25H17ClFN7OS/c1-14-11-19(17-6-2-3-7-18(17)26)29-23(31-24-30-20-12-16(27)8-9-21(20)35-24)34(14)25-33-32-22(36-25)15-5-4-10-28-13-15/h2-13,19H,1H3,(H,29,30,31). The van der Waals surface area contributed by atoms with E-state index in [1.54, 1.807) is 12.4 Å². The second kappa shape index (κ2) is 9.14. The monoisotopic (exact) mass is 517 g/mol. The highest BCUT2D eigenvalue weighted by Crippen LogP contribution is 2.36. The van der Waals surface area contributed by atoms with E-state index in [1.807, 2.05) is 54.3 Å². The van der Waals surface area contributed by atoms with Crippen LogP contribution in [0, 0.1) is 5.82 Å². The van der Waals surface area contributed by atoms with Gasteiger partial charge in [0, 0.05) is 34.7 Å². The molecule has 178 valence electrons. The van der Waals surface area contributed by atoms with Crippen LogP contribution in [0.3, 0.4) is 0 Å². The van der Waals surface area contributed by atoms with E-state index >= 15 is 0 Å². The second-order valence-electron chi connectivity index (χ2n) is 7.95. The smallest absolute Gasteiger partial charge is 0.302 e. The fraction of sp³-hybridized carbons (Fsp3) is 0.0800. The van der Waals surface area contributed by atoms with E-state index < -0.39 is 5.82 Å². The van der Waals surface area contributed by atoms with Crippen LogP contribution in [-0.4, -0.2) is 26.1 Å². The van der Waals surface area contributed by atoms with Crippen molar-refractivity contribution in [2.75, 3.05) is 10.2 Å². The number of anilines is 2. The molecule has 4 heterocycles. The molecular formula is C25H17ClFN7OS. The lowest BCUT2D eigenvalue weighted by atomic mass is 10.1. The molecule has 0 saturated heterocycles. The fourth-order valence-electron chi connectivity index (χ4n) is 3.86. The van der Waals surface area contributed by atoms with Gasteiger partial charge in [0.25, 0.3) is 0 Å². The number of allylic oxidation sites excluding steroid dienone is 1. The minimum absolute atomic E-state index is 0.170. The molecule has 0 saturated carbocycles. The van der Waals surface area contributed by atoms with Crippen molar-refractivity contribution in [1.29, 1.82) is 0 Å². The van der Waals surface area contributed by atoms with Crippen LogP contribution >= 0.6 is 22.9 Å². The third-order valence-electron chi connectivity index (χ3n) is 5.53. The predicted octanol–water partition coefficient (Wildman–Crippen LogP) is 6.47. The maximum atomic E-state index is 13.7. The number of nitrogens with zero attached hydrogens (tertiary/aromatic N) is 6. The number of fused-ring (bicyclic) bond motifs is 1. The molecule has 0 amide bonds. The maximum Gasteiger partial charge on any atom is 0.302 e. The molecule has 11 heteroatoms. The average molecular weight is 518 g/mol. The molecule has 3 aromatic heterocycles. The Bertz CT molecular complexity index is 1630. The quantitative estimate of drug-likeness (QED) is 0.292. The number of oxazole rings is 1. The highest BCUT2D eigenvalue weighted by molar-refractivity contribution is 7.18. The lowest BCUT2D eigenvalue weighted by molar-refractivity contribution is 0.616. The number of hydrogen-bond acceptors (Lipinski definition) is 9. The Morgan fingerprint density at radius 3 is 2.83 bits per heavy atom. The molecule has 0 fully saturated rings. The fourth-order valence-corrected chi connectivity index (χ4v) is 5.01. The van der Waals surface area contributed by atoms with E-state index in [-0.39, 0.29) is 12.1 Å². The van der Waals surface area contributed by atoms with Crippen molar-refractivity contribution in [3.8, 4) is 10.6 Å². The maximum absolute atomic E-state index is 13.7. The van der Waals surface area contributed by atoms with Crippen molar-refractivity contribution >= 4 is 51.1 Å². The molecule has 1 unspecified atom stereocenters. The van der Waals surface area contributed by atoms with E-state index in [0.29, 0.717) is 27.2 Å². The third-order valence-corrected chi connectivity index (χ3v) is 6.83. The van der Waals surface area contributed by atoms with Gasteiger partial charge in [-0.3, -0.25) is 15.2 Å². The zero-order chi connectivity index (χ0) is 24.6. The molecule has 2 aromatic carbocycles. The Hall–Kier alpha value is -4.15. The van der Waals surface area contributed by atoms with Gasteiger partial charge in [0.2, 0.25) is 11.1 Å². The summed E-state index contributed by atoms with van der Waals surface area (Å²) in [5.74, 6) is 0.0224. The summed E-state index contributed by atoms with van der Waals surface area (Å²) in [6, 6.07) is 15.3. The van der Waals surface area contributed by atoms with Gasteiger partial charge in [0.1, 0.15) is 17.4 Å². The number of halogens is 2. The zero-order valence-electron chi connectivity index (χ0n) is 18.8. The first-order valence-electron chi connectivity index (χ1n) is 10.9. The van der Waals surface area contributed by atoms with Gasteiger partial charge in [-0.15, -0.1) is 10.2 Å². The third kappa shape index (κ3) is 4.21. The van der Waals surface area contributed by atoms with Gasteiger partial charge >= 0.3 is 6.01 Å². The number of guanidine groups is 1. The van der Waals surface area contributed by atoms with Gasteiger partial charge in [-0.1, -0.05) is 41.1 Å². The van der Waals surface area contributed by atoms with Crippen LogP contribution in [0.25, 0.3) is 21.7 Å². The molecule has 1 aliphatic heterocycles. The van der Waals surface area contributed by atoms with E-state index in [1.165, 1.54) is 29.5 Å². The summed E-state index contributed by atoms with van der Waals surface area (Å²) in [5.41, 5.74) is 3.41. The summed E-state index contributed by atoms with van der Waals surface area (Å²) in [4.78, 5) is 15.3. The van der Waals surface area contributed by atoms with Crippen LogP contribution in [0.1, 0.15) is 18.5 Å². The summed E-state index contributed by atoms with van der Waals surface area (Å²) >= 11 is 7.87. The minimum atomic E-state index is -0.395. The van der Waals surface area contributed by atoms with E-state index in [9.17, 15) is 4.39 Å². The molecule has 0 aliphatic carbocycles. The summed E-state index contributed by atoms with van der Waals surface area (Å²) < 4.78 is 19.5. The van der Waals surface area contributed by atoms with Crippen LogP contribution in [0.15, 0.2) is 88.2 Å². The van der Waals surface area contributed by atoms with Crippen molar-refractivity contribution in [3.05, 3.63) is 95.2 Å². The van der Waals surface area contributed by atoms with Gasteiger partial charge < -0.3 is 4.42 Å². The highest BCUT2D eigenvalue weighted by atomic mass is 35.5. The summed E-state index contributed by atoms with van der Waals surface area (Å²) in [7, 11) is 0. The second-order valence-corrected chi connectivity index (χ2v) is 9.31. The number of hydrogen-bond donors (Lipinski definition) is 1. The topological polar surface area (TPSA) is 92.3 Å². The molecule has 8 nitrogen and oxygen atoms in total.